The zero-order valence-electron chi connectivity index (χ0n) is 16.5. The monoisotopic (exact) mass is 398 g/mol. The molecule has 1 aliphatic heterocycles. The van der Waals surface area contributed by atoms with Gasteiger partial charge in [0, 0.05) is 26.2 Å². The molecule has 2 rings (SSSR count). The lowest BCUT2D eigenvalue weighted by Crippen LogP contribution is -2.49. The van der Waals surface area contributed by atoms with Gasteiger partial charge >= 0.3 is 5.97 Å². The Morgan fingerprint density at radius 3 is 2.44 bits per heavy atom. The molecule has 1 aliphatic rings. The highest BCUT2D eigenvalue weighted by molar-refractivity contribution is 7.88. The van der Waals surface area contributed by atoms with Gasteiger partial charge in [0.1, 0.15) is 6.54 Å². The number of morpholine rings is 1. The smallest absolute Gasteiger partial charge is 0.318 e. The number of sulfonamides is 1. The molecule has 1 saturated heterocycles. The Kier molecular flexibility index (Phi) is 7.02. The molecule has 1 aromatic rings. The van der Waals surface area contributed by atoms with Crippen LogP contribution in [-0.2, 0) is 31.5 Å². The van der Waals surface area contributed by atoms with E-state index in [9.17, 15) is 13.2 Å². The molecule has 1 heterocycles. The van der Waals surface area contributed by atoms with Crippen molar-refractivity contribution in [2.24, 2.45) is 0 Å². The first-order valence-corrected chi connectivity index (χ1v) is 10.9. The maximum absolute atomic E-state index is 11.8. The van der Waals surface area contributed by atoms with Crippen molar-refractivity contribution in [1.29, 1.82) is 0 Å². The number of hydrogen-bond donors (Lipinski definition) is 1. The third-order valence-corrected chi connectivity index (χ3v) is 5.85. The number of carboxylic acids is 1. The molecular weight excluding hydrogens is 368 g/mol. The van der Waals surface area contributed by atoms with E-state index in [1.165, 1.54) is 11.1 Å². The highest BCUT2D eigenvalue weighted by Crippen LogP contribution is 2.23. The van der Waals surface area contributed by atoms with E-state index < -0.39 is 22.5 Å². The fourth-order valence-electron chi connectivity index (χ4n) is 3.10. The van der Waals surface area contributed by atoms with Crippen molar-refractivity contribution in [3.05, 3.63) is 35.4 Å². The number of carboxylic acid groups (broad SMARTS) is 1. The molecule has 0 aromatic heterocycles. The first kappa shape index (κ1) is 21.8. The van der Waals surface area contributed by atoms with E-state index in [-0.39, 0.29) is 18.1 Å². The van der Waals surface area contributed by atoms with Crippen molar-refractivity contribution < 1.29 is 23.1 Å². The average Bonchev–Trinajstić information content (AvgIpc) is 2.53. The Hall–Kier alpha value is -1.48. The van der Waals surface area contributed by atoms with Crippen LogP contribution in [0.2, 0.25) is 0 Å². The minimum absolute atomic E-state index is 0.0462. The zero-order chi connectivity index (χ0) is 20.2. The summed E-state index contributed by atoms with van der Waals surface area (Å²) in [5.41, 5.74) is 2.58. The molecule has 0 amide bonds. The van der Waals surface area contributed by atoms with Crippen molar-refractivity contribution in [3.8, 4) is 0 Å². The molecule has 1 fully saturated rings. The molecule has 0 bridgehead atoms. The van der Waals surface area contributed by atoms with E-state index in [1.54, 1.807) is 0 Å². The quantitative estimate of drug-likeness (QED) is 0.750. The molecule has 0 unspecified atom stereocenters. The molecule has 1 aromatic carbocycles. The van der Waals surface area contributed by atoms with Gasteiger partial charge in [-0.1, -0.05) is 45.0 Å². The lowest BCUT2D eigenvalue weighted by atomic mass is 9.87. The maximum Gasteiger partial charge on any atom is 0.318 e. The Morgan fingerprint density at radius 1 is 1.30 bits per heavy atom. The summed E-state index contributed by atoms with van der Waals surface area (Å²) in [6, 6.07) is 8.54. The highest BCUT2D eigenvalue weighted by Gasteiger charge is 2.28. The summed E-state index contributed by atoms with van der Waals surface area (Å²) in [6.45, 7) is 8.61. The molecule has 152 valence electrons. The summed E-state index contributed by atoms with van der Waals surface area (Å²) in [6.07, 6.45) is 0.675. The standard InChI is InChI=1S/C19H30N2O5S/c1-19(2,3)16-7-5-15(6-8-16)11-20-9-10-26-17(12-20)13-21(14-18(22)23)27(4,24)25/h5-8,17H,9-14H2,1-4H3,(H,22,23)/t17-/m1/s1. The maximum atomic E-state index is 11.8. The topological polar surface area (TPSA) is 87.2 Å². The van der Waals surface area contributed by atoms with Crippen LogP contribution in [0, 0.1) is 0 Å². The summed E-state index contributed by atoms with van der Waals surface area (Å²) < 4.78 is 30.3. The summed E-state index contributed by atoms with van der Waals surface area (Å²) in [4.78, 5) is 13.2. The third kappa shape index (κ3) is 6.88. The Balaban J connectivity index is 1.98. The van der Waals surface area contributed by atoms with E-state index in [0.717, 1.165) is 23.7 Å². The van der Waals surface area contributed by atoms with Crippen LogP contribution in [0.4, 0.5) is 0 Å². The summed E-state index contributed by atoms with van der Waals surface area (Å²) in [5.74, 6) is -1.17. The number of aliphatic carboxylic acids is 1. The molecule has 27 heavy (non-hydrogen) atoms. The van der Waals surface area contributed by atoms with Crippen molar-refractivity contribution in [2.75, 3.05) is 39.0 Å². The largest absolute Gasteiger partial charge is 0.480 e. The SMILES string of the molecule is CC(C)(C)c1ccc(CN2CCO[C@@H](CN(CC(=O)O)S(C)(=O)=O)C2)cc1. The molecular formula is C19H30N2O5S. The van der Waals surface area contributed by atoms with E-state index in [4.69, 9.17) is 9.84 Å². The lowest BCUT2D eigenvalue weighted by molar-refractivity contribution is -0.137. The van der Waals surface area contributed by atoms with Gasteiger partial charge in [0.2, 0.25) is 10.0 Å². The molecule has 1 N–H and O–H groups in total. The fraction of sp³-hybridized carbons (Fsp3) is 0.632. The Labute approximate surface area is 162 Å². The molecule has 7 nitrogen and oxygen atoms in total. The molecule has 0 saturated carbocycles. The van der Waals surface area contributed by atoms with Gasteiger partial charge in [0.05, 0.1) is 19.0 Å². The lowest BCUT2D eigenvalue weighted by Gasteiger charge is -2.35. The van der Waals surface area contributed by atoms with Gasteiger partial charge in [-0.15, -0.1) is 0 Å². The Morgan fingerprint density at radius 2 is 1.93 bits per heavy atom. The Bertz CT molecular complexity index is 740. The second-order valence-corrected chi connectivity index (χ2v) is 10.1. The molecule has 8 heteroatoms. The third-order valence-electron chi connectivity index (χ3n) is 4.64. The van der Waals surface area contributed by atoms with Gasteiger partial charge < -0.3 is 9.84 Å². The average molecular weight is 399 g/mol. The van der Waals surface area contributed by atoms with Crippen molar-refractivity contribution in [2.45, 2.75) is 38.8 Å². The zero-order valence-corrected chi connectivity index (χ0v) is 17.3. The van der Waals surface area contributed by atoms with Gasteiger partial charge in [-0.25, -0.2) is 8.42 Å². The second kappa shape index (κ2) is 8.68. The minimum atomic E-state index is -3.60. The number of nitrogens with zero attached hydrogens (tertiary/aromatic N) is 2. The normalized spacial score (nSPS) is 19.4. The van der Waals surface area contributed by atoms with Gasteiger partial charge in [-0.3, -0.25) is 9.69 Å². The van der Waals surface area contributed by atoms with Crippen LogP contribution in [0.5, 0.6) is 0 Å². The number of ether oxygens (including phenoxy) is 1. The number of hydrogen-bond acceptors (Lipinski definition) is 5. The van der Waals surface area contributed by atoms with E-state index in [0.29, 0.717) is 13.2 Å². The van der Waals surface area contributed by atoms with Crippen LogP contribution in [0.1, 0.15) is 31.9 Å². The van der Waals surface area contributed by atoms with E-state index >= 15 is 0 Å². The second-order valence-electron chi connectivity index (χ2n) is 8.12. The van der Waals surface area contributed by atoms with Gasteiger partial charge in [-0.05, 0) is 16.5 Å². The first-order valence-electron chi connectivity index (χ1n) is 9.05. The van der Waals surface area contributed by atoms with Crippen LogP contribution in [0.25, 0.3) is 0 Å². The number of rotatable bonds is 7. The molecule has 0 spiro atoms. The fourth-order valence-corrected chi connectivity index (χ4v) is 3.88. The van der Waals surface area contributed by atoms with Crippen molar-refractivity contribution >= 4 is 16.0 Å². The van der Waals surface area contributed by atoms with Crippen LogP contribution >= 0.6 is 0 Å². The van der Waals surface area contributed by atoms with Crippen LogP contribution in [0.3, 0.4) is 0 Å². The van der Waals surface area contributed by atoms with Crippen molar-refractivity contribution in [3.63, 3.8) is 0 Å². The highest BCUT2D eigenvalue weighted by atomic mass is 32.2. The molecule has 0 aliphatic carbocycles. The van der Waals surface area contributed by atoms with E-state index in [2.05, 4.69) is 49.9 Å². The summed E-state index contributed by atoms with van der Waals surface area (Å²) in [7, 11) is -3.60. The minimum Gasteiger partial charge on any atom is -0.480 e. The van der Waals surface area contributed by atoms with Gasteiger partial charge in [0.25, 0.3) is 0 Å². The predicted molar refractivity (Wildman–Crippen MR) is 104 cm³/mol. The van der Waals surface area contributed by atoms with E-state index in [1.807, 2.05) is 0 Å². The number of benzene rings is 1. The number of carbonyl (C=O) groups is 1. The van der Waals surface area contributed by atoms with Crippen molar-refractivity contribution in [1.82, 2.24) is 9.21 Å². The van der Waals surface area contributed by atoms with Crippen LogP contribution in [0.15, 0.2) is 24.3 Å². The van der Waals surface area contributed by atoms with Gasteiger partial charge in [-0.2, -0.15) is 4.31 Å². The van der Waals surface area contributed by atoms with Crippen LogP contribution < -0.4 is 0 Å². The molecule has 0 radical (unpaired) electrons. The predicted octanol–water partition coefficient (Wildman–Crippen LogP) is 1.53. The molecule has 1 atom stereocenters. The summed E-state index contributed by atoms with van der Waals surface area (Å²) >= 11 is 0. The first-order chi connectivity index (χ1) is 12.4. The van der Waals surface area contributed by atoms with Gasteiger partial charge in [0.15, 0.2) is 0 Å². The van der Waals surface area contributed by atoms with Crippen LogP contribution in [-0.4, -0.2) is 73.8 Å². The summed E-state index contributed by atoms with van der Waals surface area (Å²) in [5, 5.41) is 8.95.